The molecule has 0 unspecified atom stereocenters. The van der Waals surface area contributed by atoms with Crippen molar-refractivity contribution in [3.63, 3.8) is 0 Å². The zero-order chi connectivity index (χ0) is 10.5. The van der Waals surface area contributed by atoms with E-state index in [2.05, 4.69) is 20.5 Å². The molecule has 0 atom stereocenters. The molecule has 0 radical (unpaired) electrons. The van der Waals surface area contributed by atoms with Crippen LogP contribution in [0.15, 0.2) is 31.1 Å². The lowest BCUT2D eigenvalue weighted by Crippen LogP contribution is -2.13. The summed E-state index contributed by atoms with van der Waals surface area (Å²) in [6.07, 6.45) is 8.82. The highest BCUT2D eigenvalue weighted by Crippen LogP contribution is 2.02. The molecule has 0 aliphatic rings. The van der Waals surface area contributed by atoms with E-state index in [1.807, 2.05) is 10.8 Å². The lowest BCUT2D eigenvalue weighted by atomic mass is 10.4. The Morgan fingerprint density at radius 1 is 1.60 bits per heavy atom. The highest BCUT2D eigenvalue weighted by molar-refractivity contribution is 5.90. The van der Waals surface area contributed by atoms with Gasteiger partial charge in [-0.25, -0.2) is 4.98 Å². The highest BCUT2D eigenvalue weighted by Gasteiger charge is 2.02. The fraction of sp³-hybridized carbons (Fsp3) is 0.222. The quantitative estimate of drug-likeness (QED) is 0.768. The molecular formula is C9H11N5O. The number of hydrogen-bond donors (Lipinski definition) is 2. The predicted molar refractivity (Wildman–Crippen MR) is 54.1 cm³/mol. The second-order valence-corrected chi connectivity index (χ2v) is 3.09. The van der Waals surface area contributed by atoms with Crippen molar-refractivity contribution >= 4 is 11.6 Å². The van der Waals surface area contributed by atoms with Crippen LogP contribution in [-0.4, -0.2) is 25.7 Å². The van der Waals surface area contributed by atoms with Crippen molar-refractivity contribution in [1.82, 2.24) is 19.7 Å². The molecular weight excluding hydrogens is 194 g/mol. The zero-order valence-electron chi connectivity index (χ0n) is 8.05. The first kappa shape index (κ1) is 9.45. The van der Waals surface area contributed by atoms with Crippen molar-refractivity contribution in [2.75, 3.05) is 5.32 Å². The SMILES string of the molecule is O=C(CCn1ccnc1)Nc1cn[nH]c1. The molecule has 2 N–H and O–H groups in total. The van der Waals surface area contributed by atoms with Crippen molar-refractivity contribution in [3.8, 4) is 0 Å². The molecule has 0 spiro atoms. The van der Waals surface area contributed by atoms with E-state index < -0.39 is 0 Å². The molecule has 2 heterocycles. The average molecular weight is 205 g/mol. The first-order valence-electron chi connectivity index (χ1n) is 4.59. The van der Waals surface area contributed by atoms with Crippen molar-refractivity contribution in [2.45, 2.75) is 13.0 Å². The molecule has 2 aromatic rings. The Labute approximate surface area is 86.3 Å². The van der Waals surface area contributed by atoms with Crippen LogP contribution in [0.3, 0.4) is 0 Å². The summed E-state index contributed by atoms with van der Waals surface area (Å²) in [6.45, 7) is 0.629. The predicted octanol–water partition coefficient (Wildman–Crippen LogP) is 0.635. The Balaban J connectivity index is 1.78. The van der Waals surface area contributed by atoms with E-state index in [0.717, 1.165) is 0 Å². The van der Waals surface area contributed by atoms with Gasteiger partial charge in [-0.3, -0.25) is 9.89 Å². The number of aromatic amines is 1. The van der Waals surface area contributed by atoms with Crippen LogP contribution in [0.25, 0.3) is 0 Å². The number of aryl methyl sites for hydroxylation is 1. The lowest BCUT2D eigenvalue weighted by molar-refractivity contribution is -0.116. The third-order valence-corrected chi connectivity index (χ3v) is 1.94. The van der Waals surface area contributed by atoms with Gasteiger partial charge in [0, 0.05) is 31.6 Å². The summed E-state index contributed by atoms with van der Waals surface area (Å²) in [7, 11) is 0. The van der Waals surface area contributed by atoms with Crippen LogP contribution in [0.4, 0.5) is 5.69 Å². The Morgan fingerprint density at radius 2 is 2.53 bits per heavy atom. The van der Waals surface area contributed by atoms with E-state index in [9.17, 15) is 4.79 Å². The molecule has 2 rings (SSSR count). The van der Waals surface area contributed by atoms with Gasteiger partial charge < -0.3 is 9.88 Å². The molecule has 0 aliphatic heterocycles. The molecule has 2 aromatic heterocycles. The van der Waals surface area contributed by atoms with Gasteiger partial charge in [0.05, 0.1) is 18.2 Å². The fourth-order valence-corrected chi connectivity index (χ4v) is 1.19. The third kappa shape index (κ3) is 2.67. The summed E-state index contributed by atoms with van der Waals surface area (Å²) >= 11 is 0. The Hall–Kier alpha value is -2.11. The van der Waals surface area contributed by atoms with Crippen LogP contribution >= 0.6 is 0 Å². The molecule has 6 heteroatoms. The van der Waals surface area contributed by atoms with Gasteiger partial charge in [-0.2, -0.15) is 5.10 Å². The topological polar surface area (TPSA) is 75.6 Å². The van der Waals surface area contributed by atoms with Crippen LogP contribution in [0.5, 0.6) is 0 Å². The molecule has 0 aromatic carbocycles. The summed E-state index contributed by atoms with van der Waals surface area (Å²) in [6, 6.07) is 0. The van der Waals surface area contributed by atoms with Crippen molar-refractivity contribution in [1.29, 1.82) is 0 Å². The van der Waals surface area contributed by atoms with Gasteiger partial charge in [-0.05, 0) is 0 Å². The lowest BCUT2D eigenvalue weighted by Gasteiger charge is -2.02. The average Bonchev–Trinajstić information content (AvgIpc) is 2.86. The molecule has 0 fully saturated rings. The normalized spacial score (nSPS) is 10.1. The van der Waals surface area contributed by atoms with Gasteiger partial charge >= 0.3 is 0 Å². The van der Waals surface area contributed by atoms with Crippen LogP contribution < -0.4 is 5.32 Å². The Bertz CT molecular complexity index is 406. The third-order valence-electron chi connectivity index (χ3n) is 1.94. The minimum absolute atomic E-state index is 0.0369. The minimum Gasteiger partial charge on any atom is -0.337 e. The maximum Gasteiger partial charge on any atom is 0.226 e. The summed E-state index contributed by atoms with van der Waals surface area (Å²) < 4.78 is 1.86. The first-order valence-corrected chi connectivity index (χ1v) is 4.59. The number of carbonyl (C=O) groups excluding carboxylic acids is 1. The second kappa shape index (κ2) is 4.41. The second-order valence-electron chi connectivity index (χ2n) is 3.09. The molecule has 6 nitrogen and oxygen atoms in total. The van der Waals surface area contributed by atoms with Gasteiger partial charge in [0.25, 0.3) is 0 Å². The van der Waals surface area contributed by atoms with Crippen molar-refractivity contribution < 1.29 is 4.79 Å². The van der Waals surface area contributed by atoms with E-state index in [4.69, 9.17) is 0 Å². The van der Waals surface area contributed by atoms with Gasteiger partial charge in [-0.1, -0.05) is 0 Å². The van der Waals surface area contributed by atoms with Gasteiger partial charge in [0.1, 0.15) is 0 Å². The van der Waals surface area contributed by atoms with Crippen LogP contribution in [0.2, 0.25) is 0 Å². The smallest absolute Gasteiger partial charge is 0.226 e. The number of H-pyrrole nitrogens is 1. The summed E-state index contributed by atoms with van der Waals surface area (Å²) in [4.78, 5) is 15.3. The standard InChI is InChI=1S/C9H11N5O/c15-9(13-8-5-11-12-6-8)1-3-14-4-2-10-7-14/h2,4-7H,1,3H2,(H,11,12)(H,13,15). The van der Waals surface area contributed by atoms with E-state index in [1.165, 1.54) is 0 Å². The van der Waals surface area contributed by atoms with E-state index in [-0.39, 0.29) is 5.91 Å². The Morgan fingerprint density at radius 3 is 3.20 bits per heavy atom. The molecule has 1 amide bonds. The number of nitrogens with one attached hydrogen (secondary N) is 2. The molecule has 0 saturated carbocycles. The van der Waals surface area contributed by atoms with Crippen molar-refractivity contribution in [2.24, 2.45) is 0 Å². The highest BCUT2D eigenvalue weighted by atomic mass is 16.1. The molecule has 78 valence electrons. The van der Waals surface area contributed by atoms with Crippen LogP contribution in [0, 0.1) is 0 Å². The monoisotopic (exact) mass is 205 g/mol. The van der Waals surface area contributed by atoms with E-state index in [0.29, 0.717) is 18.7 Å². The van der Waals surface area contributed by atoms with Crippen LogP contribution in [-0.2, 0) is 11.3 Å². The number of carbonyl (C=O) groups is 1. The number of nitrogens with zero attached hydrogens (tertiary/aromatic N) is 3. The molecule has 15 heavy (non-hydrogen) atoms. The number of hydrogen-bond acceptors (Lipinski definition) is 3. The maximum atomic E-state index is 11.4. The molecule has 0 aliphatic carbocycles. The number of anilines is 1. The van der Waals surface area contributed by atoms with Gasteiger partial charge in [0.15, 0.2) is 0 Å². The number of rotatable bonds is 4. The number of amides is 1. The number of imidazole rings is 1. The van der Waals surface area contributed by atoms with Gasteiger partial charge in [-0.15, -0.1) is 0 Å². The summed E-state index contributed by atoms with van der Waals surface area (Å²) in [5, 5.41) is 9.07. The van der Waals surface area contributed by atoms with Crippen molar-refractivity contribution in [3.05, 3.63) is 31.1 Å². The maximum absolute atomic E-state index is 11.4. The minimum atomic E-state index is -0.0369. The molecule has 0 saturated heterocycles. The fourth-order valence-electron chi connectivity index (χ4n) is 1.19. The van der Waals surface area contributed by atoms with Gasteiger partial charge in [0.2, 0.25) is 5.91 Å². The van der Waals surface area contributed by atoms with Crippen LogP contribution in [0.1, 0.15) is 6.42 Å². The summed E-state index contributed by atoms with van der Waals surface area (Å²) in [5.74, 6) is -0.0369. The first-order chi connectivity index (χ1) is 7.34. The largest absolute Gasteiger partial charge is 0.337 e. The molecule has 0 bridgehead atoms. The van der Waals surface area contributed by atoms with E-state index in [1.54, 1.807) is 24.9 Å². The summed E-state index contributed by atoms with van der Waals surface area (Å²) in [5.41, 5.74) is 0.686. The zero-order valence-corrected chi connectivity index (χ0v) is 8.05. The Kier molecular flexibility index (Phi) is 2.77. The number of aromatic nitrogens is 4. The van der Waals surface area contributed by atoms with E-state index >= 15 is 0 Å².